The van der Waals surface area contributed by atoms with Crippen LogP contribution < -0.4 is 0 Å². The van der Waals surface area contributed by atoms with E-state index in [2.05, 4.69) is 50.5 Å². The van der Waals surface area contributed by atoms with Crippen molar-refractivity contribution in [2.75, 3.05) is 32.7 Å². The van der Waals surface area contributed by atoms with Crippen molar-refractivity contribution in [2.45, 2.75) is 34.6 Å². The van der Waals surface area contributed by atoms with Gasteiger partial charge >= 0.3 is 0 Å². The van der Waals surface area contributed by atoms with Crippen LogP contribution in [0.15, 0.2) is 11.8 Å². The maximum absolute atomic E-state index is 2.42. The number of nitrogens with zero attached hydrogens (tertiary/aromatic N) is 2. The van der Waals surface area contributed by atoms with Crippen molar-refractivity contribution >= 4 is 0 Å². The summed E-state index contributed by atoms with van der Waals surface area (Å²) in [6.45, 7) is 16.6. The molecule has 0 saturated carbocycles. The van der Waals surface area contributed by atoms with Crippen molar-refractivity contribution in [1.29, 1.82) is 0 Å². The van der Waals surface area contributed by atoms with Crippen LogP contribution in [0.25, 0.3) is 0 Å². The molecule has 0 N–H and O–H groups in total. The number of allylic oxidation sites excluding steroid dienone is 1. The van der Waals surface area contributed by atoms with Crippen LogP contribution in [-0.2, 0) is 0 Å². The van der Waals surface area contributed by atoms with Crippen LogP contribution in [0.3, 0.4) is 0 Å². The van der Waals surface area contributed by atoms with E-state index in [1.54, 1.807) is 0 Å². The third-order valence-corrected chi connectivity index (χ3v) is 2.80. The lowest BCUT2D eigenvalue weighted by Gasteiger charge is -2.23. The van der Waals surface area contributed by atoms with Gasteiger partial charge in [-0.25, -0.2) is 0 Å². The molecule has 0 fully saturated rings. The molecule has 0 aromatic rings. The average Bonchev–Trinajstić information content (AvgIpc) is 2.21. The molecule has 0 aliphatic heterocycles. The molecule has 2 heteroatoms. The molecule has 0 aromatic heterocycles. The second kappa shape index (κ2) is 7.86. The molecule has 0 radical (unpaired) electrons. The molecular formula is C12H26N2. The van der Waals surface area contributed by atoms with E-state index in [0.717, 1.165) is 32.7 Å². The van der Waals surface area contributed by atoms with Crippen molar-refractivity contribution in [1.82, 2.24) is 9.80 Å². The van der Waals surface area contributed by atoms with E-state index >= 15 is 0 Å². The first-order valence-corrected chi connectivity index (χ1v) is 5.83. The quantitative estimate of drug-likeness (QED) is 0.620. The van der Waals surface area contributed by atoms with Crippen molar-refractivity contribution < 1.29 is 0 Å². The van der Waals surface area contributed by atoms with Gasteiger partial charge in [-0.2, -0.15) is 0 Å². The molecule has 0 aromatic carbocycles. The summed E-state index contributed by atoms with van der Waals surface area (Å²) in [4.78, 5) is 4.82. The van der Waals surface area contributed by atoms with Gasteiger partial charge < -0.3 is 9.80 Å². The second-order valence-electron chi connectivity index (χ2n) is 3.50. The largest absolute Gasteiger partial charge is 0.376 e. The normalized spacial score (nSPS) is 12.3. The van der Waals surface area contributed by atoms with Crippen molar-refractivity contribution in [3.63, 3.8) is 0 Å². The van der Waals surface area contributed by atoms with E-state index in [1.165, 1.54) is 5.70 Å². The Morgan fingerprint density at radius 2 is 1.43 bits per heavy atom. The minimum Gasteiger partial charge on any atom is -0.376 e. The van der Waals surface area contributed by atoms with Gasteiger partial charge in [0.15, 0.2) is 0 Å². The van der Waals surface area contributed by atoms with Crippen LogP contribution in [0.4, 0.5) is 0 Å². The van der Waals surface area contributed by atoms with E-state index in [9.17, 15) is 0 Å². The van der Waals surface area contributed by atoms with Crippen LogP contribution in [0.1, 0.15) is 34.6 Å². The van der Waals surface area contributed by atoms with Gasteiger partial charge in [0.2, 0.25) is 0 Å². The molecule has 0 atom stereocenters. The summed E-state index contributed by atoms with van der Waals surface area (Å²) < 4.78 is 0. The van der Waals surface area contributed by atoms with E-state index in [0.29, 0.717) is 0 Å². The molecule has 0 amide bonds. The fourth-order valence-corrected chi connectivity index (χ4v) is 1.59. The zero-order valence-electron chi connectivity index (χ0n) is 10.5. The molecule has 0 aliphatic rings. The Morgan fingerprint density at radius 3 is 1.79 bits per heavy atom. The molecule has 0 bridgehead atoms. The zero-order valence-corrected chi connectivity index (χ0v) is 10.5. The summed E-state index contributed by atoms with van der Waals surface area (Å²) >= 11 is 0. The lowest BCUT2D eigenvalue weighted by atomic mass is 10.3. The van der Waals surface area contributed by atoms with Gasteiger partial charge in [-0.1, -0.05) is 19.9 Å². The Morgan fingerprint density at radius 1 is 0.929 bits per heavy atom. The maximum Gasteiger partial charge on any atom is 0.0182 e. The standard InChI is InChI=1S/C12H26N2/c1-6-13(7-2)11-10-12(5)14(8-3)9-4/h10H,6-9,11H2,1-5H3. The van der Waals surface area contributed by atoms with Gasteiger partial charge in [0, 0.05) is 25.3 Å². The number of hydrogen-bond donors (Lipinski definition) is 0. The highest BCUT2D eigenvalue weighted by atomic mass is 15.1. The predicted molar refractivity (Wildman–Crippen MR) is 64.5 cm³/mol. The SMILES string of the molecule is CCN(CC)CC=C(C)N(CC)CC. The lowest BCUT2D eigenvalue weighted by molar-refractivity contribution is 0.328. The van der Waals surface area contributed by atoms with Crippen molar-refractivity contribution in [3.05, 3.63) is 11.8 Å². The van der Waals surface area contributed by atoms with Crippen molar-refractivity contribution in [2.24, 2.45) is 0 Å². The molecule has 0 unspecified atom stereocenters. The first-order chi connectivity index (χ1) is 6.69. The molecule has 84 valence electrons. The van der Waals surface area contributed by atoms with Crippen LogP contribution in [0, 0.1) is 0 Å². The molecule has 0 aliphatic carbocycles. The predicted octanol–water partition coefficient (Wildman–Crippen LogP) is 2.57. The summed E-state index contributed by atoms with van der Waals surface area (Å²) in [5.41, 5.74) is 1.40. The summed E-state index contributed by atoms with van der Waals surface area (Å²) in [6.07, 6.45) is 2.33. The number of rotatable bonds is 7. The number of likely N-dealkylation sites (N-methyl/N-ethyl adjacent to an activating group) is 1. The van der Waals surface area contributed by atoms with Crippen molar-refractivity contribution in [3.8, 4) is 0 Å². The molecule has 14 heavy (non-hydrogen) atoms. The monoisotopic (exact) mass is 198 g/mol. The third-order valence-electron chi connectivity index (χ3n) is 2.80. The van der Waals surface area contributed by atoms with Gasteiger partial charge in [0.05, 0.1) is 0 Å². The molecule has 0 rings (SSSR count). The zero-order chi connectivity index (χ0) is 11.0. The van der Waals surface area contributed by atoms with E-state index in [1.807, 2.05) is 0 Å². The first-order valence-electron chi connectivity index (χ1n) is 5.83. The summed E-state index contributed by atoms with van der Waals surface area (Å²) in [7, 11) is 0. The Hall–Kier alpha value is -0.500. The third kappa shape index (κ3) is 4.66. The van der Waals surface area contributed by atoms with E-state index < -0.39 is 0 Å². The summed E-state index contributed by atoms with van der Waals surface area (Å²) in [6, 6.07) is 0. The van der Waals surface area contributed by atoms with Gasteiger partial charge in [0.25, 0.3) is 0 Å². The minimum atomic E-state index is 1.08. The lowest BCUT2D eigenvalue weighted by Crippen LogP contribution is -2.25. The van der Waals surface area contributed by atoms with E-state index in [4.69, 9.17) is 0 Å². The Kier molecular flexibility index (Phi) is 7.58. The highest BCUT2D eigenvalue weighted by Gasteiger charge is 2.00. The highest BCUT2D eigenvalue weighted by Crippen LogP contribution is 2.02. The smallest absolute Gasteiger partial charge is 0.0182 e. The Labute approximate surface area is 89.6 Å². The summed E-state index contributed by atoms with van der Waals surface area (Å²) in [5, 5.41) is 0. The molecular weight excluding hydrogens is 172 g/mol. The molecule has 2 nitrogen and oxygen atoms in total. The van der Waals surface area contributed by atoms with Crippen LogP contribution in [0.2, 0.25) is 0 Å². The molecule has 0 saturated heterocycles. The average molecular weight is 198 g/mol. The second-order valence-corrected chi connectivity index (χ2v) is 3.50. The highest BCUT2D eigenvalue weighted by molar-refractivity contribution is 4.98. The summed E-state index contributed by atoms with van der Waals surface area (Å²) in [5.74, 6) is 0. The van der Waals surface area contributed by atoms with Gasteiger partial charge in [-0.15, -0.1) is 0 Å². The fourth-order valence-electron chi connectivity index (χ4n) is 1.59. The van der Waals surface area contributed by atoms with Crippen LogP contribution in [0.5, 0.6) is 0 Å². The Balaban J connectivity index is 4.08. The van der Waals surface area contributed by atoms with Crippen LogP contribution in [-0.4, -0.2) is 42.5 Å². The Bertz CT molecular complexity index is 156. The topological polar surface area (TPSA) is 6.48 Å². The number of hydrogen-bond acceptors (Lipinski definition) is 2. The van der Waals surface area contributed by atoms with Gasteiger partial charge in [-0.05, 0) is 33.9 Å². The molecule has 0 spiro atoms. The first kappa shape index (κ1) is 13.5. The fraction of sp³-hybridized carbons (Fsp3) is 0.833. The molecule has 0 heterocycles. The maximum atomic E-state index is 2.42. The van der Waals surface area contributed by atoms with Crippen LogP contribution >= 0.6 is 0 Å². The van der Waals surface area contributed by atoms with E-state index in [-0.39, 0.29) is 0 Å². The van der Waals surface area contributed by atoms with Gasteiger partial charge in [0.1, 0.15) is 0 Å². The minimum absolute atomic E-state index is 1.08. The van der Waals surface area contributed by atoms with Gasteiger partial charge in [-0.3, -0.25) is 0 Å².